The molecule has 1 saturated heterocycles. The van der Waals surface area contributed by atoms with Crippen LogP contribution in [0, 0.1) is 29.6 Å². The van der Waals surface area contributed by atoms with Crippen molar-refractivity contribution in [3.05, 3.63) is 95.6 Å². The summed E-state index contributed by atoms with van der Waals surface area (Å²) in [6.07, 6.45) is 0.461. The molecule has 10 N–H and O–H groups in total. The Balaban J connectivity index is 1.38. The predicted molar refractivity (Wildman–Crippen MR) is 344 cm³/mol. The average Bonchev–Trinajstić information content (AvgIpc) is 1.78. The maximum Gasteiger partial charge on any atom is 0.411 e. The quantitative estimate of drug-likeness (QED) is 0.0258. The van der Waals surface area contributed by atoms with E-state index < -0.39 is 96.2 Å². The standard InChI is InChI=1S/C66H101N11O13/c1-15-42(8)57(52(87-12)36-53(78)77-33-21-27-51(77)58(88-13)43(9)59(79)73-50(64(84)89-14)35-44-22-17-16-18-23-44)76(11)63(83)55(40(4)5)74-62(82)56(41(6)7)75(10)37-46-24-19-25-48(34-46)71-66(86)90-38-45-28-30-47(31-29-45)70-60(80)49(26-20-32-69-65(68)85)72-61(81)54(67)39(2)3/h16-19,22-25,28-31,34,39-43,49-52,54-58H,15,20-21,26-27,32-33,35-38,67H2,1-14H3,(H,70,80)(H,71,86)(H,72,81)(H,73,79)(H,74,82)(H3,68,69,85)/t42-,43+,49-,50-,51-,52+,54-,55-,56-,57-,58+/m0/s1. The maximum atomic E-state index is 14.9. The lowest BCUT2D eigenvalue weighted by Crippen LogP contribution is -2.60. The van der Waals surface area contributed by atoms with Crippen molar-refractivity contribution in [3.63, 3.8) is 0 Å². The molecule has 0 spiro atoms. The third-order valence-corrected chi connectivity index (χ3v) is 16.8. The zero-order valence-electron chi connectivity index (χ0n) is 55.2. The molecule has 0 saturated carbocycles. The summed E-state index contributed by atoms with van der Waals surface area (Å²) in [6.45, 7) is 17.8. The van der Waals surface area contributed by atoms with Gasteiger partial charge in [-0.2, -0.15) is 0 Å². The summed E-state index contributed by atoms with van der Waals surface area (Å²) in [5.41, 5.74) is 14.3. The highest BCUT2D eigenvalue weighted by atomic mass is 16.5. The molecule has 498 valence electrons. The van der Waals surface area contributed by atoms with E-state index in [1.807, 2.05) is 89.9 Å². The van der Waals surface area contributed by atoms with E-state index in [0.717, 1.165) is 11.1 Å². The summed E-state index contributed by atoms with van der Waals surface area (Å²) in [6, 6.07) is 17.0. The number of likely N-dealkylation sites (N-methyl/N-ethyl adjacent to an activating group) is 2. The lowest BCUT2D eigenvalue weighted by molar-refractivity contribution is -0.149. The van der Waals surface area contributed by atoms with Crippen LogP contribution >= 0.6 is 0 Å². The molecule has 90 heavy (non-hydrogen) atoms. The zero-order chi connectivity index (χ0) is 66.9. The molecule has 9 amide bonds. The van der Waals surface area contributed by atoms with Gasteiger partial charge in [0, 0.05) is 58.7 Å². The number of anilines is 2. The number of carbonyl (C=O) groups is 9. The maximum absolute atomic E-state index is 14.9. The van der Waals surface area contributed by atoms with E-state index in [1.165, 1.54) is 21.3 Å². The van der Waals surface area contributed by atoms with Gasteiger partial charge in [0.15, 0.2) is 0 Å². The number of amides is 9. The summed E-state index contributed by atoms with van der Waals surface area (Å²) >= 11 is 0. The molecule has 0 aromatic heterocycles. The largest absolute Gasteiger partial charge is 0.467 e. The minimum Gasteiger partial charge on any atom is -0.467 e. The molecule has 11 atom stereocenters. The van der Waals surface area contributed by atoms with E-state index in [-0.39, 0.29) is 73.8 Å². The first-order valence-electron chi connectivity index (χ1n) is 31.2. The van der Waals surface area contributed by atoms with Gasteiger partial charge in [-0.25, -0.2) is 14.4 Å². The second-order valence-electron chi connectivity index (χ2n) is 24.5. The van der Waals surface area contributed by atoms with Crippen molar-refractivity contribution in [1.82, 2.24) is 36.0 Å². The molecule has 3 aromatic carbocycles. The summed E-state index contributed by atoms with van der Waals surface area (Å²) in [7, 11) is 7.81. The van der Waals surface area contributed by atoms with E-state index >= 15 is 0 Å². The van der Waals surface area contributed by atoms with Crippen LogP contribution in [-0.2, 0) is 72.1 Å². The average molecular weight is 1260 g/mol. The Labute approximate surface area is 531 Å². The Morgan fingerprint density at radius 3 is 1.94 bits per heavy atom. The summed E-state index contributed by atoms with van der Waals surface area (Å²) < 4.78 is 22.7. The number of methoxy groups -OCH3 is 3. The zero-order valence-corrected chi connectivity index (χ0v) is 55.2. The first-order chi connectivity index (χ1) is 42.6. The Morgan fingerprint density at radius 2 is 1.36 bits per heavy atom. The molecule has 1 fully saturated rings. The number of ether oxygens (including phenoxy) is 4. The highest BCUT2D eigenvalue weighted by Crippen LogP contribution is 2.30. The number of carbonyl (C=O) groups excluding carboxylic acids is 9. The third-order valence-electron chi connectivity index (χ3n) is 16.8. The number of nitrogens with one attached hydrogen (secondary N) is 6. The van der Waals surface area contributed by atoms with Gasteiger partial charge in [-0.05, 0) is 97.4 Å². The molecule has 1 aliphatic rings. The predicted octanol–water partition coefficient (Wildman–Crippen LogP) is 5.71. The Bertz CT molecular complexity index is 2820. The van der Waals surface area contributed by atoms with Crippen LogP contribution in [0.4, 0.5) is 21.0 Å². The van der Waals surface area contributed by atoms with Gasteiger partial charge in [0.1, 0.15) is 24.7 Å². The van der Waals surface area contributed by atoms with Crippen molar-refractivity contribution in [2.24, 2.45) is 41.1 Å². The first kappa shape index (κ1) is 74.8. The minimum absolute atomic E-state index is 0.0712. The van der Waals surface area contributed by atoms with Crippen molar-refractivity contribution in [2.45, 2.75) is 175 Å². The van der Waals surface area contributed by atoms with Crippen molar-refractivity contribution >= 4 is 64.9 Å². The molecule has 3 aromatic rings. The van der Waals surface area contributed by atoms with E-state index in [4.69, 9.17) is 30.4 Å². The molecule has 0 aliphatic carbocycles. The molecule has 0 unspecified atom stereocenters. The summed E-state index contributed by atoms with van der Waals surface area (Å²) in [5.74, 6) is -4.45. The Hall–Kier alpha value is -7.67. The van der Waals surface area contributed by atoms with Crippen LogP contribution < -0.4 is 43.4 Å². The topological polar surface area (TPSA) is 324 Å². The molecular formula is C66H101N11O13. The second-order valence-corrected chi connectivity index (χ2v) is 24.5. The number of benzene rings is 3. The highest BCUT2D eigenvalue weighted by molar-refractivity contribution is 5.98. The van der Waals surface area contributed by atoms with Gasteiger partial charge in [0.25, 0.3) is 0 Å². The smallest absolute Gasteiger partial charge is 0.411 e. The van der Waals surface area contributed by atoms with Crippen molar-refractivity contribution in [3.8, 4) is 0 Å². The molecule has 0 bridgehead atoms. The number of primary amides is 1. The van der Waals surface area contributed by atoms with Gasteiger partial charge in [0.05, 0.1) is 55.8 Å². The van der Waals surface area contributed by atoms with Crippen molar-refractivity contribution in [2.75, 3.05) is 59.1 Å². The number of hydrogen-bond acceptors (Lipinski definition) is 15. The van der Waals surface area contributed by atoms with Crippen LogP contribution in [0.25, 0.3) is 0 Å². The fourth-order valence-corrected chi connectivity index (χ4v) is 11.5. The summed E-state index contributed by atoms with van der Waals surface area (Å²) in [5, 5.41) is 16.7. The minimum atomic E-state index is -0.943. The van der Waals surface area contributed by atoms with Crippen LogP contribution in [-0.4, -0.2) is 171 Å². The normalized spacial score (nSPS) is 16.5. The number of hydrogen-bond donors (Lipinski definition) is 8. The third kappa shape index (κ3) is 22.4. The van der Waals surface area contributed by atoms with Crippen LogP contribution in [0.2, 0.25) is 0 Å². The van der Waals surface area contributed by atoms with Crippen molar-refractivity contribution < 1.29 is 62.1 Å². The lowest BCUT2D eigenvalue weighted by Gasteiger charge is -2.41. The van der Waals surface area contributed by atoms with Gasteiger partial charge in [-0.15, -0.1) is 0 Å². The molecular weight excluding hydrogens is 1150 g/mol. The fraction of sp³-hybridized carbons (Fsp3) is 0.591. The van der Waals surface area contributed by atoms with E-state index in [2.05, 4.69) is 31.9 Å². The van der Waals surface area contributed by atoms with Crippen LogP contribution in [0.15, 0.2) is 78.9 Å². The molecule has 24 nitrogen and oxygen atoms in total. The first-order valence-corrected chi connectivity index (χ1v) is 31.2. The van der Waals surface area contributed by atoms with Crippen LogP contribution in [0.3, 0.4) is 0 Å². The number of likely N-dealkylation sites (tertiary alicyclic amines) is 1. The van der Waals surface area contributed by atoms with E-state index in [0.29, 0.717) is 55.7 Å². The number of nitrogens with zero attached hydrogens (tertiary/aromatic N) is 3. The van der Waals surface area contributed by atoms with Crippen LogP contribution in [0.5, 0.6) is 0 Å². The molecule has 0 radical (unpaired) electrons. The second kappa shape index (κ2) is 36.9. The van der Waals surface area contributed by atoms with Gasteiger partial charge >= 0.3 is 18.1 Å². The van der Waals surface area contributed by atoms with Gasteiger partial charge in [0.2, 0.25) is 35.4 Å². The van der Waals surface area contributed by atoms with E-state index in [9.17, 15) is 43.2 Å². The van der Waals surface area contributed by atoms with E-state index in [1.54, 1.807) is 80.1 Å². The highest BCUT2D eigenvalue weighted by Gasteiger charge is 2.44. The lowest BCUT2D eigenvalue weighted by atomic mass is 9.89. The number of urea groups is 1. The number of rotatable bonds is 35. The Kier molecular flexibility index (Phi) is 30.6. The molecule has 24 heteroatoms. The molecule has 1 heterocycles. The fourth-order valence-electron chi connectivity index (χ4n) is 11.5. The SMILES string of the molecule is CC[C@H](C)[C@@H]([C@@H](CC(=O)N1CCC[C@H]1[C@H](OC)[C@@H](C)C(=O)N[C@@H](Cc1ccccc1)C(=O)OC)OC)N(C)C(=O)[C@@H](NC(=O)[C@H](C(C)C)N(C)Cc1cccc(NC(=O)OCc2ccc(NC(=O)[C@H](CCCNC(N)=O)NC(=O)[C@@H](N)C(C)C)cc2)c1)C(C)C. The molecule has 1 aliphatic heterocycles. The van der Waals surface area contributed by atoms with Gasteiger partial charge in [-0.3, -0.25) is 39.0 Å². The van der Waals surface area contributed by atoms with Crippen LogP contribution in [0.1, 0.15) is 118 Å². The summed E-state index contributed by atoms with van der Waals surface area (Å²) in [4.78, 5) is 126. The van der Waals surface area contributed by atoms with Gasteiger partial charge < -0.3 is 66.8 Å². The Morgan fingerprint density at radius 1 is 0.700 bits per heavy atom. The van der Waals surface area contributed by atoms with Gasteiger partial charge in [-0.1, -0.05) is 123 Å². The number of esters is 1. The number of nitrogens with two attached hydrogens (primary N) is 2. The monoisotopic (exact) mass is 1260 g/mol. The molecule has 4 rings (SSSR count). The van der Waals surface area contributed by atoms with Crippen molar-refractivity contribution in [1.29, 1.82) is 0 Å².